The molecule has 1 heterocycles. The van der Waals surface area contributed by atoms with Crippen LogP contribution in [0.5, 0.6) is 0 Å². The average molecular weight is 250 g/mol. The van der Waals surface area contributed by atoms with Gasteiger partial charge in [-0.1, -0.05) is 17.7 Å². The molecule has 0 spiro atoms. The maximum Gasteiger partial charge on any atom is 0.375 e. The summed E-state index contributed by atoms with van der Waals surface area (Å²) in [5.41, 5.74) is 1.83. The highest BCUT2D eigenvalue weighted by molar-refractivity contribution is 5.84. The minimum absolute atomic E-state index is 0.0219. The Kier molecular flexibility index (Phi) is 3.53. The lowest BCUT2D eigenvalue weighted by atomic mass is 9.90. The van der Waals surface area contributed by atoms with Crippen LogP contribution >= 0.6 is 0 Å². The maximum atomic E-state index is 10.8. The zero-order valence-corrected chi connectivity index (χ0v) is 9.92. The van der Waals surface area contributed by atoms with Gasteiger partial charge < -0.3 is 19.7 Å². The van der Waals surface area contributed by atoms with E-state index in [0.29, 0.717) is 12.2 Å². The monoisotopic (exact) mass is 250 g/mol. The molecule has 0 saturated carbocycles. The predicted octanol–water partition coefficient (Wildman–Crippen LogP) is 1.69. The number of rotatable bonds is 3. The topological polar surface area (TPSA) is 76.0 Å². The molecule has 0 aromatic rings. The highest BCUT2D eigenvalue weighted by Gasteiger charge is 2.22. The number of allylic oxidation sites excluding steroid dienone is 3. The van der Waals surface area contributed by atoms with E-state index in [1.165, 1.54) is 6.26 Å². The number of carbonyl (C=O) groups is 1. The number of carboxylic acids is 1. The summed E-state index contributed by atoms with van der Waals surface area (Å²) < 4.78 is 10.2. The van der Waals surface area contributed by atoms with E-state index in [1.54, 1.807) is 0 Å². The van der Waals surface area contributed by atoms with Gasteiger partial charge >= 0.3 is 5.97 Å². The van der Waals surface area contributed by atoms with Gasteiger partial charge in [0.2, 0.25) is 5.76 Å². The van der Waals surface area contributed by atoms with Crippen LogP contribution in [0.2, 0.25) is 0 Å². The molecule has 1 aliphatic carbocycles. The van der Waals surface area contributed by atoms with Crippen LogP contribution in [-0.2, 0) is 14.3 Å². The number of ether oxygens (including phenoxy) is 2. The summed E-state index contributed by atoms with van der Waals surface area (Å²) in [7, 11) is 0. The zero-order chi connectivity index (χ0) is 13.1. The summed E-state index contributed by atoms with van der Waals surface area (Å²) in [6, 6.07) is 0. The fourth-order valence-electron chi connectivity index (χ4n) is 1.94. The zero-order valence-electron chi connectivity index (χ0n) is 9.92. The average Bonchev–Trinajstić information content (AvgIpc) is 2.38. The second kappa shape index (κ2) is 5.10. The molecule has 2 rings (SSSR count). The van der Waals surface area contributed by atoms with Crippen LogP contribution in [0, 0.1) is 5.92 Å². The molecule has 0 fully saturated rings. The minimum atomic E-state index is -1.18. The van der Waals surface area contributed by atoms with Crippen molar-refractivity contribution in [2.75, 3.05) is 6.61 Å². The molecule has 5 heteroatoms. The lowest BCUT2D eigenvalue weighted by Crippen LogP contribution is -2.14. The summed E-state index contributed by atoms with van der Waals surface area (Å²) in [5.74, 6) is -1.03. The van der Waals surface area contributed by atoms with Crippen LogP contribution < -0.4 is 0 Å². The lowest BCUT2D eigenvalue weighted by molar-refractivity contribution is -0.136. The molecule has 0 amide bonds. The molecule has 1 unspecified atom stereocenters. The second-order valence-electron chi connectivity index (χ2n) is 4.23. The molecule has 2 N–H and O–H groups in total. The summed E-state index contributed by atoms with van der Waals surface area (Å²) in [5, 5.41) is 18.0. The molecule has 96 valence electrons. The van der Waals surface area contributed by atoms with E-state index in [4.69, 9.17) is 14.6 Å². The molecule has 1 aliphatic heterocycles. The van der Waals surface area contributed by atoms with E-state index in [2.05, 4.69) is 0 Å². The smallest absolute Gasteiger partial charge is 0.375 e. The van der Waals surface area contributed by atoms with Crippen molar-refractivity contribution in [3.8, 4) is 0 Å². The fraction of sp³-hybridized carbons (Fsp3) is 0.308. The molecule has 18 heavy (non-hydrogen) atoms. The van der Waals surface area contributed by atoms with Crippen LogP contribution in [0.1, 0.15) is 13.3 Å². The normalized spacial score (nSPS) is 22.9. The molecule has 2 aliphatic rings. The predicted molar refractivity (Wildman–Crippen MR) is 63.0 cm³/mol. The Labute approximate surface area is 104 Å². The Bertz CT molecular complexity index is 482. The van der Waals surface area contributed by atoms with Crippen LogP contribution in [0.15, 0.2) is 47.3 Å². The van der Waals surface area contributed by atoms with Gasteiger partial charge in [0.25, 0.3) is 0 Å². The third kappa shape index (κ3) is 2.62. The lowest BCUT2D eigenvalue weighted by Gasteiger charge is -2.22. The van der Waals surface area contributed by atoms with Crippen LogP contribution in [-0.4, -0.2) is 22.8 Å². The Hall–Kier alpha value is -2.01. The molecular weight excluding hydrogens is 236 g/mol. The molecule has 0 aromatic heterocycles. The van der Waals surface area contributed by atoms with Crippen LogP contribution in [0.25, 0.3) is 0 Å². The van der Waals surface area contributed by atoms with Crippen molar-refractivity contribution < 1.29 is 24.5 Å². The van der Waals surface area contributed by atoms with Gasteiger partial charge in [-0.15, -0.1) is 0 Å². The largest absolute Gasteiger partial charge is 0.475 e. The quantitative estimate of drug-likeness (QED) is 0.797. The number of hydrogen-bond acceptors (Lipinski definition) is 4. The molecule has 1 atom stereocenters. The number of aliphatic hydroxyl groups is 1. The molecule has 5 nitrogen and oxygen atoms in total. The Morgan fingerprint density at radius 2 is 2.28 bits per heavy atom. The third-order valence-electron chi connectivity index (χ3n) is 2.71. The number of carboxylic acid groups (broad SMARTS) is 1. The highest BCUT2D eigenvalue weighted by Crippen LogP contribution is 2.30. The van der Waals surface area contributed by atoms with Gasteiger partial charge in [-0.05, 0) is 18.9 Å². The van der Waals surface area contributed by atoms with Gasteiger partial charge in [0.1, 0.15) is 12.5 Å². The van der Waals surface area contributed by atoms with E-state index in [1.807, 2.05) is 19.1 Å². The van der Waals surface area contributed by atoms with Crippen molar-refractivity contribution >= 4 is 5.97 Å². The van der Waals surface area contributed by atoms with Gasteiger partial charge in [0, 0.05) is 12.5 Å². The summed E-state index contributed by atoms with van der Waals surface area (Å²) in [4.78, 5) is 10.8. The molecule has 0 radical (unpaired) electrons. The van der Waals surface area contributed by atoms with E-state index >= 15 is 0 Å². The number of hydrogen-bond donors (Lipinski definition) is 2. The van der Waals surface area contributed by atoms with Crippen molar-refractivity contribution in [1.29, 1.82) is 0 Å². The van der Waals surface area contributed by atoms with Crippen LogP contribution in [0.3, 0.4) is 0 Å². The van der Waals surface area contributed by atoms with E-state index < -0.39 is 5.97 Å². The Morgan fingerprint density at radius 3 is 2.94 bits per heavy atom. The molecule has 0 aromatic carbocycles. The van der Waals surface area contributed by atoms with Gasteiger partial charge in [0.15, 0.2) is 5.76 Å². The Balaban J connectivity index is 2.16. The fourth-order valence-corrected chi connectivity index (χ4v) is 1.94. The maximum absolute atomic E-state index is 10.8. The summed E-state index contributed by atoms with van der Waals surface area (Å²) >= 11 is 0. The molecule has 0 bridgehead atoms. The number of aliphatic carboxylic acids is 1. The summed E-state index contributed by atoms with van der Waals surface area (Å²) in [6.45, 7) is 1.96. The van der Waals surface area contributed by atoms with Gasteiger partial charge in [-0.2, -0.15) is 0 Å². The van der Waals surface area contributed by atoms with E-state index in [9.17, 15) is 9.90 Å². The van der Waals surface area contributed by atoms with Crippen LogP contribution in [0.4, 0.5) is 0 Å². The SMILES string of the molecule is CC1=CC(CO)CC(C2=COC=C(C(=O)O)O2)=C1. The molecular formula is C13H14O5. The first-order chi connectivity index (χ1) is 8.60. The van der Waals surface area contributed by atoms with Crippen molar-refractivity contribution in [2.24, 2.45) is 5.92 Å². The highest BCUT2D eigenvalue weighted by atomic mass is 16.6. The van der Waals surface area contributed by atoms with E-state index in [0.717, 1.165) is 17.4 Å². The first-order valence-corrected chi connectivity index (χ1v) is 5.57. The first-order valence-electron chi connectivity index (χ1n) is 5.57. The van der Waals surface area contributed by atoms with Gasteiger partial charge in [-0.25, -0.2) is 4.79 Å². The second-order valence-corrected chi connectivity index (χ2v) is 4.23. The minimum Gasteiger partial charge on any atom is -0.475 e. The van der Waals surface area contributed by atoms with Crippen molar-refractivity contribution in [3.63, 3.8) is 0 Å². The summed E-state index contributed by atoms with van der Waals surface area (Å²) in [6.07, 6.45) is 6.87. The Morgan fingerprint density at radius 1 is 1.50 bits per heavy atom. The van der Waals surface area contributed by atoms with E-state index in [-0.39, 0.29) is 18.3 Å². The van der Waals surface area contributed by atoms with Crippen molar-refractivity contribution in [1.82, 2.24) is 0 Å². The third-order valence-corrected chi connectivity index (χ3v) is 2.71. The van der Waals surface area contributed by atoms with Crippen molar-refractivity contribution in [3.05, 3.63) is 47.3 Å². The first kappa shape index (κ1) is 12.4. The van der Waals surface area contributed by atoms with Gasteiger partial charge in [-0.3, -0.25) is 0 Å². The standard InChI is InChI=1S/C13H14O5/c1-8-2-9(5-14)4-10(3-8)11-6-17-7-12(18-11)13(15)16/h2-3,6-7,9,14H,4-5H2,1H3,(H,15,16). The van der Waals surface area contributed by atoms with Crippen molar-refractivity contribution in [2.45, 2.75) is 13.3 Å². The van der Waals surface area contributed by atoms with Gasteiger partial charge in [0.05, 0.1) is 0 Å². The number of aliphatic hydroxyl groups excluding tert-OH is 1. The molecule has 0 saturated heterocycles.